The number of rotatable bonds is 5. The summed E-state index contributed by atoms with van der Waals surface area (Å²) in [5, 5.41) is 7.29. The smallest absolute Gasteiger partial charge is 0.264 e. The second-order valence-corrected chi connectivity index (χ2v) is 5.43. The molecule has 3 aromatic rings. The number of aromatic nitrogens is 2. The molecule has 6 heteroatoms. The van der Waals surface area contributed by atoms with Gasteiger partial charge in [0.15, 0.2) is 5.82 Å². The number of methoxy groups -OCH3 is 2. The van der Waals surface area contributed by atoms with E-state index in [1.54, 1.807) is 22.9 Å². The highest BCUT2D eigenvalue weighted by Crippen LogP contribution is 2.29. The van der Waals surface area contributed by atoms with Gasteiger partial charge in [0.25, 0.3) is 5.91 Å². The van der Waals surface area contributed by atoms with Crippen molar-refractivity contribution in [1.29, 1.82) is 0 Å². The normalized spacial score (nSPS) is 10.4. The molecule has 0 saturated heterocycles. The fourth-order valence-electron chi connectivity index (χ4n) is 2.54. The minimum Gasteiger partial charge on any atom is -0.496 e. The molecule has 0 saturated carbocycles. The highest BCUT2D eigenvalue weighted by molar-refractivity contribution is 6.08. The Bertz CT molecular complexity index is 866. The van der Waals surface area contributed by atoms with Gasteiger partial charge in [0.2, 0.25) is 0 Å². The number of nitrogens with one attached hydrogen (secondary N) is 1. The van der Waals surface area contributed by atoms with Gasteiger partial charge >= 0.3 is 0 Å². The van der Waals surface area contributed by atoms with Crippen LogP contribution in [0.5, 0.6) is 11.5 Å². The average molecular weight is 337 g/mol. The monoisotopic (exact) mass is 337 g/mol. The third kappa shape index (κ3) is 3.33. The first-order valence-electron chi connectivity index (χ1n) is 7.78. The van der Waals surface area contributed by atoms with Crippen molar-refractivity contribution >= 4 is 11.7 Å². The molecule has 0 unspecified atom stereocenters. The van der Waals surface area contributed by atoms with Gasteiger partial charge in [-0.15, -0.1) is 5.10 Å². The minimum atomic E-state index is -0.337. The lowest BCUT2D eigenvalue weighted by Crippen LogP contribution is -2.15. The molecule has 0 aliphatic carbocycles. The van der Waals surface area contributed by atoms with Crippen molar-refractivity contribution in [3.8, 4) is 17.2 Å². The Labute approximate surface area is 146 Å². The van der Waals surface area contributed by atoms with E-state index in [0.29, 0.717) is 22.9 Å². The maximum absolute atomic E-state index is 12.8. The van der Waals surface area contributed by atoms with Crippen molar-refractivity contribution in [2.75, 3.05) is 19.5 Å². The van der Waals surface area contributed by atoms with Crippen LogP contribution in [0.15, 0.2) is 54.7 Å². The molecule has 6 nitrogen and oxygen atoms in total. The van der Waals surface area contributed by atoms with Gasteiger partial charge in [-0.25, -0.2) is 4.68 Å². The molecule has 1 aromatic heterocycles. The van der Waals surface area contributed by atoms with Gasteiger partial charge in [-0.2, -0.15) is 0 Å². The van der Waals surface area contributed by atoms with Gasteiger partial charge in [0.05, 0.1) is 19.9 Å². The molecule has 25 heavy (non-hydrogen) atoms. The molecular formula is C19H19N3O3. The molecule has 1 N–H and O–H groups in total. The number of hydrogen-bond donors (Lipinski definition) is 1. The van der Waals surface area contributed by atoms with Crippen LogP contribution in [0, 0.1) is 6.92 Å². The van der Waals surface area contributed by atoms with Crippen molar-refractivity contribution in [2.45, 2.75) is 6.92 Å². The lowest BCUT2D eigenvalue weighted by Gasteiger charge is -2.12. The fraction of sp³-hybridized carbons (Fsp3) is 0.158. The summed E-state index contributed by atoms with van der Waals surface area (Å²) < 4.78 is 12.3. The van der Waals surface area contributed by atoms with Gasteiger partial charge in [0.1, 0.15) is 17.1 Å². The van der Waals surface area contributed by atoms with Crippen molar-refractivity contribution in [3.63, 3.8) is 0 Å². The highest BCUT2D eigenvalue weighted by Gasteiger charge is 2.20. The lowest BCUT2D eigenvalue weighted by molar-refractivity contribution is 0.102. The van der Waals surface area contributed by atoms with Crippen LogP contribution in [-0.2, 0) is 0 Å². The zero-order chi connectivity index (χ0) is 17.8. The molecule has 1 heterocycles. The van der Waals surface area contributed by atoms with E-state index in [1.165, 1.54) is 14.2 Å². The van der Waals surface area contributed by atoms with Gasteiger partial charge < -0.3 is 14.8 Å². The van der Waals surface area contributed by atoms with E-state index in [-0.39, 0.29) is 5.91 Å². The number of hydrogen-bond acceptors (Lipinski definition) is 4. The molecule has 2 aromatic carbocycles. The number of anilines is 1. The Balaban J connectivity index is 1.91. The SMILES string of the molecule is COc1cccc(OC)c1C(=O)Nc1nn(-c2ccccc2)cc1C. The molecule has 0 fully saturated rings. The quantitative estimate of drug-likeness (QED) is 0.774. The van der Waals surface area contributed by atoms with Crippen molar-refractivity contribution in [3.05, 3.63) is 65.9 Å². The number of carbonyl (C=O) groups is 1. The molecular weight excluding hydrogens is 318 g/mol. The molecule has 0 atom stereocenters. The lowest BCUT2D eigenvalue weighted by atomic mass is 10.1. The standard InChI is InChI=1S/C19H19N3O3/c1-13-12-22(14-8-5-4-6-9-14)21-18(13)20-19(23)17-15(24-2)10-7-11-16(17)25-3/h4-12H,1-3H3,(H,20,21,23). The highest BCUT2D eigenvalue weighted by atomic mass is 16.5. The molecule has 0 radical (unpaired) electrons. The summed E-state index contributed by atoms with van der Waals surface area (Å²) in [4.78, 5) is 12.8. The third-order valence-electron chi connectivity index (χ3n) is 3.80. The summed E-state index contributed by atoms with van der Waals surface area (Å²) in [7, 11) is 3.03. The first-order valence-corrected chi connectivity index (χ1v) is 7.78. The van der Waals surface area contributed by atoms with Crippen molar-refractivity contribution in [1.82, 2.24) is 9.78 Å². The number of amides is 1. The zero-order valence-corrected chi connectivity index (χ0v) is 14.3. The Morgan fingerprint density at radius 1 is 1.00 bits per heavy atom. The summed E-state index contributed by atoms with van der Waals surface area (Å²) in [6.07, 6.45) is 1.87. The van der Waals surface area contributed by atoms with Crippen LogP contribution in [-0.4, -0.2) is 29.9 Å². The summed E-state index contributed by atoms with van der Waals surface area (Å²) in [5.41, 5.74) is 2.10. The fourth-order valence-corrected chi connectivity index (χ4v) is 2.54. The van der Waals surface area contributed by atoms with Crippen molar-refractivity contribution in [2.24, 2.45) is 0 Å². The number of carbonyl (C=O) groups excluding carboxylic acids is 1. The Morgan fingerprint density at radius 3 is 2.24 bits per heavy atom. The number of nitrogens with zero attached hydrogens (tertiary/aromatic N) is 2. The predicted molar refractivity (Wildman–Crippen MR) is 95.8 cm³/mol. The summed E-state index contributed by atoms with van der Waals surface area (Å²) >= 11 is 0. The zero-order valence-electron chi connectivity index (χ0n) is 14.3. The predicted octanol–water partition coefficient (Wildman–Crippen LogP) is 3.45. The maximum atomic E-state index is 12.8. The molecule has 1 amide bonds. The second kappa shape index (κ2) is 7.09. The average Bonchev–Trinajstić information content (AvgIpc) is 3.02. The van der Waals surface area contributed by atoms with Gasteiger partial charge in [-0.05, 0) is 31.2 Å². The van der Waals surface area contributed by atoms with E-state index in [2.05, 4.69) is 10.4 Å². The van der Waals surface area contributed by atoms with Crippen LogP contribution in [0.2, 0.25) is 0 Å². The summed E-state index contributed by atoms with van der Waals surface area (Å²) in [6, 6.07) is 14.9. The van der Waals surface area contributed by atoms with E-state index >= 15 is 0 Å². The van der Waals surface area contributed by atoms with Crippen molar-refractivity contribution < 1.29 is 14.3 Å². The van der Waals surface area contributed by atoms with Crippen LogP contribution in [0.1, 0.15) is 15.9 Å². The van der Waals surface area contributed by atoms with Gasteiger partial charge in [0, 0.05) is 11.8 Å². The molecule has 0 aliphatic rings. The minimum absolute atomic E-state index is 0.334. The van der Waals surface area contributed by atoms with Gasteiger partial charge in [-0.1, -0.05) is 24.3 Å². The summed E-state index contributed by atoms with van der Waals surface area (Å²) in [6.45, 7) is 1.89. The first kappa shape index (κ1) is 16.6. The molecule has 0 bridgehead atoms. The topological polar surface area (TPSA) is 65.4 Å². The van der Waals surface area contributed by atoms with Crippen LogP contribution < -0.4 is 14.8 Å². The number of aryl methyl sites for hydroxylation is 1. The van der Waals surface area contributed by atoms with E-state index in [1.807, 2.05) is 43.5 Å². The maximum Gasteiger partial charge on any atom is 0.264 e. The molecule has 3 rings (SSSR count). The largest absolute Gasteiger partial charge is 0.496 e. The Kier molecular flexibility index (Phi) is 4.70. The van der Waals surface area contributed by atoms with E-state index < -0.39 is 0 Å². The summed E-state index contributed by atoms with van der Waals surface area (Å²) in [5.74, 6) is 1.03. The van der Waals surface area contributed by atoms with E-state index in [0.717, 1.165) is 11.3 Å². The molecule has 0 aliphatic heterocycles. The van der Waals surface area contributed by atoms with Crippen LogP contribution in [0.4, 0.5) is 5.82 Å². The second-order valence-electron chi connectivity index (χ2n) is 5.43. The third-order valence-corrected chi connectivity index (χ3v) is 3.80. The van der Waals surface area contributed by atoms with Gasteiger partial charge in [-0.3, -0.25) is 4.79 Å². The van der Waals surface area contributed by atoms with Crippen LogP contribution in [0.25, 0.3) is 5.69 Å². The van der Waals surface area contributed by atoms with E-state index in [9.17, 15) is 4.79 Å². The van der Waals surface area contributed by atoms with E-state index in [4.69, 9.17) is 9.47 Å². The number of ether oxygens (including phenoxy) is 2. The Morgan fingerprint density at radius 2 is 1.64 bits per heavy atom. The molecule has 128 valence electrons. The Hall–Kier alpha value is -3.28. The number of para-hydroxylation sites is 1. The van der Waals surface area contributed by atoms with Crippen LogP contribution in [0.3, 0.4) is 0 Å². The number of benzene rings is 2. The van der Waals surface area contributed by atoms with Crippen LogP contribution >= 0.6 is 0 Å². The first-order chi connectivity index (χ1) is 12.1. The molecule has 0 spiro atoms.